The lowest BCUT2D eigenvalue weighted by Crippen LogP contribution is -2.48. The number of rotatable bonds is 4. The molecule has 0 radical (unpaired) electrons. The first-order valence-corrected chi connectivity index (χ1v) is 8.49. The highest BCUT2D eigenvalue weighted by Gasteiger charge is 2.21. The van der Waals surface area contributed by atoms with Gasteiger partial charge in [-0.2, -0.15) is 0 Å². The molecule has 0 saturated carbocycles. The second kappa shape index (κ2) is 7.72. The molecule has 1 aromatic carbocycles. The maximum atomic E-state index is 12.6. The minimum absolute atomic E-state index is 0.0850. The zero-order valence-corrected chi connectivity index (χ0v) is 14.8. The molecule has 25 heavy (non-hydrogen) atoms. The van der Waals surface area contributed by atoms with Gasteiger partial charge >= 0.3 is 0 Å². The number of carbonyl (C=O) groups excluding carboxylic acids is 2. The van der Waals surface area contributed by atoms with Gasteiger partial charge in [-0.3, -0.25) is 9.59 Å². The van der Waals surface area contributed by atoms with E-state index in [2.05, 4.69) is 10.3 Å². The molecule has 1 aromatic heterocycles. The topological polar surface area (TPSA) is 65.5 Å². The Bertz CT molecular complexity index is 792. The van der Waals surface area contributed by atoms with Gasteiger partial charge in [-0.1, -0.05) is 23.2 Å². The molecule has 1 N–H and O–H groups in total. The largest absolute Gasteiger partial charge is 0.342 e. The Balaban J connectivity index is 1.73. The summed E-state index contributed by atoms with van der Waals surface area (Å²) in [4.78, 5) is 31.0. The summed E-state index contributed by atoms with van der Waals surface area (Å²) in [5.74, 6) is 0.430. The van der Waals surface area contributed by atoms with E-state index in [-0.39, 0.29) is 5.91 Å². The second-order valence-electron chi connectivity index (χ2n) is 5.61. The molecule has 0 atom stereocenters. The summed E-state index contributed by atoms with van der Waals surface area (Å²) in [6.07, 6.45) is 2.38. The quantitative estimate of drug-likeness (QED) is 0.830. The van der Waals surface area contributed by atoms with Gasteiger partial charge < -0.3 is 15.1 Å². The number of anilines is 2. The molecule has 0 spiro atoms. The number of halogens is 2. The summed E-state index contributed by atoms with van der Waals surface area (Å²) in [7, 11) is 0. The molecule has 0 unspecified atom stereocenters. The third-order valence-corrected chi connectivity index (χ3v) is 4.50. The number of nitrogens with zero attached hydrogens (tertiary/aromatic N) is 3. The van der Waals surface area contributed by atoms with E-state index < -0.39 is 0 Å². The lowest BCUT2D eigenvalue weighted by Gasteiger charge is -2.32. The third-order valence-electron chi connectivity index (χ3n) is 3.95. The van der Waals surface area contributed by atoms with Gasteiger partial charge in [-0.05, 0) is 30.3 Å². The maximum absolute atomic E-state index is 12.6. The Morgan fingerprint density at radius 2 is 1.88 bits per heavy atom. The summed E-state index contributed by atoms with van der Waals surface area (Å²) in [6.45, 7) is 2.13. The van der Waals surface area contributed by atoms with Crippen LogP contribution < -0.4 is 5.32 Å². The Morgan fingerprint density at radius 3 is 2.56 bits per heavy atom. The number of benzene rings is 1. The predicted molar refractivity (Wildman–Crippen MR) is 97.5 cm³/mol. The van der Waals surface area contributed by atoms with Gasteiger partial charge in [0, 0.05) is 43.0 Å². The first-order chi connectivity index (χ1) is 12.1. The molecule has 1 saturated heterocycles. The lowest BCUT2D eigenvalue weighted by molar-refractivity contribution is -0.119. The van der Waals surface area contributed by atoms with Crippen LogP contribution in [0.15, 0.2) is 36.5 Å². The molecule has 1 aliphatic rings. The average molecular weight is 379 g/mol. The molecule has 130 valence electrons. The maximum Gasteiger partial charge on any atom is 0.254 e. The standard InChI is InChI=1S/C17H16Cl2N4O2/c18-13-1-2-15(14(19)10-13)21-16-9-12(3-4-20-16)17(25)23-7-5-22(11-24)6-8-23/h1-4,9-11H,5-8H2,(H,20,21). The molecule has 2 amide bonds. The van der Waals surface area contributed by atoms with Crippen molar-refractivity contribution in [3.05, 3.63) is 52.1 Å². The van der Waals surface area contributed by atoms with E-state index in [4.69, 9.17) is 23.2 Å². The lowest BCUT2D eigenvalue weighted by atomic mass is 10.2. The van der Waals surface area contributed by atoms with Crippen LogP contribution in [-0.4, -0.2) is 53.3 Å². The molecular formula is C17H16Cl2N4O2. The SMILES string of the molecule is O=CN1CCN(C(=O)c2ccnc(Nc3ccc(Cl)cc3Cl)c2)CC1. The van der Waals surface area contributed by atoms with Crippen LogP contribution in [0.1, 0.15) is 10.4 Å². The van der Waals surface area contributed by atoms with Crippen molar-refractivity contribution in [1.29, 1.82) is 0 Å². The van der Waals surface area contributed by atoms with E-state index >= 15 is 0 Å². The number of hydrogen-bond acceptors (Lipinski definition) is 4. The summed E-state index contributed by atoms with van der Waals surface area (Å²) in [6, 6.07) is 8.45. The van der Waals surface area contributed by atoms with Crippen LogP contribution in [0.2, 0.25) is 10.0 Å². The number of aromatic nitrogens is 1. The summed E-state index contributed by atoms with van der Waals surface area (Å²) in [5.41, 5.74) is 1.19. The van der Waals surface area contributed by atoms with Gasteiger partial charge in [-0.25, -0.2) is 4.98 Å². The molecule has 0 bridgehead atoms. The Morgan fingerprint density at radius 1 is 1.12 bits per heavy atom. The molecule has 2 heterocycles. The monoisotopic (exact) mass is 378 g/mol. The van der Waals surface area contributed by atoms with E-state index in [1.807, 2.05) is 0 Å². The second-order valence-corrected chi connectivity index (χ2v) is 6.46. The van der Waals surface area contributed by atoms with Gasteiger partial charge in [0.2, 0.25) is 6.41 Å². The van der Waals surface area contributed by atoms with Crippen LogP contribution >= 0.6 is 23.2 Å². The van der Waals surface area contributed by atoms with Crippen molar-refractivity contribution in [3.8, 4) is 0 Å². The number of carbonyl (C=O) groups is 2. The van der Waals surface area contributed by atoms with E-state index in [1.54, 1.807) is 46.3 Å². The van der Waals surface area contributed by atoms with E-state index in [0.29, 0.717) is 53.3 Å². The van der Waals surface area contributed by atoms with Crippen LogP contribution in [0.5, 0.6) is 0 Å². The molecule has 6 nitrogen and oxygen atoms in total. The van der Waals surface area contributed by atoms with Crippen molar-refractivity contribution in [2.45, 2.75) is 0 Å². The normalized spacial score (nSPS) is 14.3. The smallest absolute Gasteiger partial charge is 0.254 e. The third kappa shape index (κ3) is 4.21. The fourth-order valence-electron chi connectivity index (χ4n) is 2.57. The number of piperazine rings is 1. The average Bonchev–Trinajstić information content (AvgIpc) is 2.64. The van der Waals surface area contributed by atoms with Crippen molar-refractivity contribution >= 4 is 47.0 Å². The zero-order valence-electron chi connectivity index (χ0n) is 13.3. The number of nitrogens with one attached hydrogen (secondary N) is 1. The van der Waals surface area contributed by atoms with Gasteiger partial charge in [0.05, 0.1) is 10.7 Å². The Kier molecular flexibility index (Phi) is 5.40. The van der Waals surface area contributed by atoms with Gasteiger partial charge in [-0.15, -0.1) is 0 Å². The first kappa shape index (κ1) is 17.5. The molecule has 2 aromatic rings. The summed E-state index contributed by atoms with van der Waals surface area (Å²) < 4.78 is 0. The van der Waals surface area contributed by atoms with Crippen molar-refractivity contribution < 1.29 is 9.59 Å². The number of hydrogen-bond donors (Lipinski definition) is 1. The minimum atomic E-state index is -0.0850. The van der Waals surface area contributed by atoms with Crippen LogP contribution in [-0.2, 0) is 4.79 Å². The first-order valence-electron chi connectivity index (χ1n) is 7.73. The van der Waals surface area contributed by atoms with Crippen LogP contribution in [0, 0.1) is 0 Å². The highest BCUT2D eigenvalue weighted by Crippen LogP contribution is 2.27. The highest BCUT2D eigenvalue weighted by atomic mass is 35.5. The zero-order chi connectivity index (χ0) is 17.8. The minimum Gasteiger partial charge on any atom is -0.342 e. The molecule has 1 fully saturated rings. The van der Waals surface area contributed by atoms with Crippen LogP contribution in [0.25, 0.3) is 0 Å². The van der Waals surface area contributed by atoms with Gasteiger partial charge in [0.1, 0.15) is 5.82 Å². The van der Waals surface area contributed by atoms with Crippen molar-refractivity contribution in [2.24, 2.45) is 0 Å². The van der Waals surface area contributed by atoms with Crippen molar-refractivity contribution in [2.75, 3.05) is 31.5 Å². The summed E-state index contributed by atoms with van der Waals surface area (Å²) >= 11 is 12.0. The predicted octanol–water partition coefficient (Wildman–Crippen LogP) is 3.05. The van der Waals surface area contributed by atoms with Gasteiger partial charge in [0.25, 0.3) is 5.91 Å². The number of pyridine rings is 1. The molecule has 1 aliphatic heterocycles. The molecule has 8 heteroatoms. The fourth-order valence-corrected chi connectivity index (χ4v) is 3.03. The molecular weight excluding hydrogens is 363 g/mol. The Hall–Kier alpha value is -2.31. The number of amides is 2. The molecule has 3 rings (SSSR count). The van der Waals surface area contributed by atoms with Crippen molar-refractivity contribution in [3.63, 3.8) is 0 Å². The van der Waals surface area contributed by atoms with Gasteiger partial charge in [0.15, 0.2) is 0 Å². The van der Waals surface area contributed by atoms with Crippen molar-refractivity contribution in [1.82, 2.24) is 14.8 Å². The summed E-state index contributed by atoms with van der Waals surface area (Å²) in [5, 5.41) is 4.10. The van der Waals surface area contributed by atoms with Crippen LogP contribution in [0.3, 0.4) is 0 Å². The van der Waals surface area contributed by atoms with Crippen LogP contribution in [0.4, 0.5) is 11.5 Å². The van der Waals surface area contributed by atoms with E-state index in [0.717, 1.165) is 6.41 Å². The Labute approximate surface area is 155 Å². The molecule has 0 aliphatic carbocycles. The van der Waals surface area contributed by atoms with E-state index in [1.165, 1.54) is 0 Å². The van der Waals surface area contributed by atoms with E-state index in [9.17, 15) is 9.59 Å². The fraction of sp³-hybridized carbons (Fsp3) is 0.235. The highest BCUT2D eigenvalue weighted by molar-refractivity contribution is 6.36.